The standard InChI is InChI=1S/C7H13NO/c1-6(9)8-5-7(2)3-4-7/h3-5H2,1-2H3,(H,8,9). The van der Waals surface area contributed by atoms with Gasteiger partial charge in [0.25, 0.3) is 0 Å². The molecule has 0 unspecified atom stereocenters. The highest BCUT2D eigenvalue weighted by Gasteiger charge is 2.36. The Bertz CT molecular complexity index is 127. The highest BCUT2D eigenvalue weighted by molar-refractivity contribution is 5.72. The molecular weight excluding hydrogens is 114 g/mol. The van der Waals surface area contributed by atoms with Gasteiger partial charge in [-0.15, -0.1) is 0 Å². The van der Waals surface area contributed by atoms with E-state index in [0.29, 0.717) is 5.41 Å². The van der Waals surface area contributed by atoms with E-state index in [1.165, 1.54) is 12.8 Å². The molecule has 1 saturated carbocycles. The lowest BCUT2D eigenvalue weighted by Crippen LogP contribution is -2.26. The lowest BCUT2D eigenvalue weighted by molar-refractivity contribution is -0.119. The van der Waals surface area contributed by atoms with Crippen molar-refractivity contribution < 1.29 is 4.79 Å². The van der Waals surface area contributed by atoms with E-state index in [-0.39, 0.29) is 5.91 Å². The van der Waals surface area contributed by atoms with Crippen molar-refractivity contribution in [3.8, 4) is 0 Å². The van der Waals surface area contributed by atoms with Gasteiger partial charge in [-0.25, -0.2) is 0 Å². The number of rotatable bonds is 2. The van der Waals surface area contributed by atoms with E-state index < -0.39 is 0 Å². The zero-order valence-corrected chi connectivity index (χ0v) is 6.03. The van der Waals surface area contributed by atoms with Gasteiger partial charge in [-0.1, -0.05) is 6.92 Å². The van der Waals surface area contributed by atoms with E-state index in [0.717, 1.165) is 6.54 Å². The highest BCUT2D eigenvalue weighted by Crippen LogP contribution is 2.43. The molecule has 0 bridgehead atoms. The largest absolute Gasteiger partial charge is 0.356 e. The van der Waals surface area contributed by atoms with Gasteiger partial charge in [0.2, 0.25) is 5.91 Å². The molecule has 0 saturated heterocycles. The van der Waals surface area contributed by atoms with Crippen LogP contribution < -0.4 is 5.32 Å². The maximum atomic E-state index is 10.4. The maximum Gasteiger partial charge on any atom is 0.216 e. The number of hydrogen-bond donors (Lipinski definition) is 1. The summed E-state index contributed by atoms with van der Waals surface area (Å²) in [6, 6.07) is 0. The predicted octanol–water partition coefficient (Wildman–Crippen LogP) is 0.923. The van der Waals surface area contributed by atoms with Gasteiger partial charge in [0.15, 0.2) is 0 Å². The quantitative estimate of drug-likeness (QED) is 0.587. The van der Waals surface area contributed by atoms with E-state index in [1.54, 1.807) is 6.92 Å². The van der Waals surface area contributed by atoms with E-state index in [4.69, 9.17) is 0 Å². The average Bonchev–Trinajstić information content (AvgIpc) is 2.45. The monoisotopic (exact) mass is 127 g/mol. The second-order valence-corrected chi connectivity index (χ2v) is 3.22. The topological polar surface area (TPSA) is 29.1 Å². The Labute approximate surface area is 55.6 Å². The number of carbonyl (C=O) groups is 1. The first-order valence-corrected chi connectivity index (χ1v) is 3.37. The summed E-state index contributed by atoms with van der Waals surface area (Å²) in [5.41, 5.74) is 0.450. The third-order valence-corrected chi connectivity index (χ3v) is 1.87. The smallest absolute Gasteiger partial charge is 0.216 e. The van der Waals surface area contributed by atoms with Crippen LogP contribution in [0.2, 0.25) is 0 Å². The third kappa shape index (κ3) is 2.04. The summed E-state index contributed by atoms with van der Waals surface area (Å²) in [4.78, 5) is 10.4. The Balaban J connectivity index is 2.12. The van der Waals surface area contributed by atoms with Crippen LogP contribution >= 0.6 is 0 Å². The van der Waals surface area contributed by atoms with E-state index in [2.05, 4.69) is 12.2 Å². The summed E-state index contributed by atoms with van der Waals surface area (Å²) in [5.74, 6) is 0.0862. The van der Waals surface area contributed by atoms with Gasteiger partial charge >= 0.3 is 0 Å². The minimum absolute atomic E-state index is 0.0862. The molecule has 1 rings (SSSR count). The summed E-state index contributed by atoms with van der Waals surface area (Å²) in [5, 5.41) is 2.81. The molecule has 2 nitrogen and oxygen atoms in total. The first-order valence-electron chi connectivity index (χ1n) is 3.37. The van der Waals surface area contributed by atoms with Crippen molar-refractivity contribution in [1.29, 1.82) is 0 Å². The summed E-state index contributed by atoms with van der Waals surface area (Å²) in [6.07, 6.45) is 2.54. The SMILES string of the molecule is CC(=O)NCC1(C)CC1. The van der Waals surface area contributed by atoms with Crippen molar-refractivity contribution >= 4 is 5.91 Å². The molecule has 1 amide bonds. The summed E-state index contributed by atoms with van der Waals surface area (Å²) in [7, 11) is 0. The molecule has 0 heterocycles. The fourth-order valence-electron chi connectivity index (χ4n) is 0.728. The molecule has 9 heavy (non-hydrogen) atoms. The number of amides is 1. The minimum Gasteiger partial charge on any atom is -0.356 e. The first kappa shape index (κ1) is 6.59. The van der Waals surface area contributed by atoms with Crippen LogP contribution in [-0.4, -0.2) is 12.5 Å². The van der Waals surface area contributed by atoms with Crippen LogP contribution in [0, 0.1) is 5.41 Å². The van der Waals surface area contributed by atoms with Gasteiger partial charge in [-0.2, -0.15) is 0 Å². The van der Waals surface area contributed by atoms with Crippen LogP contribution in [-0.2, 0) is 4.79 Å². The van der Waals surface area contributed by atoms with E-state index >= 15 is 0 Å². The predicted molar refractivity (Wildman–Crippen MR) is 36.0 cm³/mol. The second kappa shape index (κ2) is 2.01. The number of nitrogens with one attached hydrogen (secondary N) is 1. The van der Waals surface area contributed by atoms with Gasteiger partial charge < -0.3 is 5.32 Å². The molecule has 52 valence electrons. The summed E-state index contributed by atoms with van der Waals surface area (Å²) < 4.78 is 0. The van der Waals surface area contributed by atoms with Gasteiger partial charge in [0.05, 0.1) is 0 Å². The van der Waals surface area contributed by atoms with E-state index in [1.807, 2.05) is 0 Å². The Morgan fingerprint density at radius 1 is 1.67 bits per heavy atom. The molecule has 2 heteroatoms. The molecule has 0 radical (unpaired) electrons. The molecule has 0 aromatic rings. The van der Waals surface area contributed by atoms with Crippen LogP contribution in [0.15, 0.2) is 0 Å². The third-order valence-electron chi connectivity index (χ3n) is 1.87. The Kier molecular flexibility index (Phi) is 1.47. The maximum absolute atomic E-state index is 10.4. The van der Waals surface area contributed by atoms with Crippen LogP contribution in [0.25, 0.3) is 0 Å². The van der Waals surface area contributed by atoms with Gasteiger partial charge in [0, 0.05) is 13.5 Å². The molecule has 0 atom stereocenters. The van der Waals surface area contributed by atoms with Crippen LogP contribution in [0.5, 0.6) is 0 Å². The molecule has 0 aliphatic heterocycles. The fourth-order valence-corrected chi connectivity index (χ4v) is 0.728. The Morgan fingerprint density at radius 3 is 2.56 bits per heavy atom. The molecule has 1 aliphatic rings. The second-order valence-electron chi connectivity index (χ2n) is 3.22. The van der Waals surface area contributed by atoms with Crippen molar-refractivity contribution in [2.75, 3.05) is 6.54 Å². The molecule has 0 spiro atoms. The average molecular weight is 127 g/mol. The molecule has 1 fully saturated rings. The lowest BCUT2D eigenvalue weighted by atomic mass is 10.1. The molecular formula is C7H13NO. The summed E-state index contributed by atoms with van der Waals surface area (Å²) in [6.45, 7) is 4.62. The van der Waals surface area contributed by atoms with Gasteiger partial charge in [0.1, 0.15) is 0 Å². The van der Waals surface area contributed by atoms with E-state index in [9.17, 15) is 4.79 Å². The normalized spacial score (nSPS) is 21.1. The van der Waals surface area contributed by atoms with Crippen LogP contribution in [0.3, 0.4) is 0 Å². The molecule has 0 aromatic heterocycles. The number of hydrogen-bond acceptors (Lipinski definition) is 1. The van der Waals surface area contributed by atoms with Crippen molar-refractivity contribution in [3.63, 3.8) is 0 Å². The first-order chi connectivity index (χ1) is 4.12. The highest BCUT2D eigenvalue weighted by atomic mass is 16.1. The Hall–Kier alpha value is -0.530. The minimum atomic E-state index is 0.0862. The lowest BCUT2D eigenvalue weighted by Gasteiger charge is -2.06. The van der Waals surface area contributed by atoms with Crippen LogP contribution in [0.1, 0.15) is 26.7 Å². The van der Waals surface area contributed by atoms with Crippen LogP contribution in [0.4, 0.5) is 0 Å². The van der Waals surface area contributed by atoms with Crippen molar-refractivity contribution in [3.05, 3.63) is 0 Å². The Morgan fingerprint density at radius 2 is 2.22 bits per heavy atom. The molecule has 1 N–H and O–H groups in total. The van der Waals surface area contributed by atoms with Crippen molar-refractivity contribution in [2.45, 2.75) is 26.7 Å². The van der Waals surface area contributed by atoms with Gasteiger partial charge in [-0.3, -0.25) is 4.79 Å². The molecule has 0 aromatic carbocycles. The van der Waals surface area contributed by atoms with Crippen molar-refractivity contribution in [2.24, 2.45) is 5.41 Å². The number of carbonyl (C=O) groups excluding carboxylic acids is 1. The summed E-state index contributed by atoms with van der Waals surface area (Å²) >= 11 is 0. The zero-order valence-electron chi connectivity index (χ0n) is 6.03. The van der Waals surface area contributed by atoms with Crippen molar-refractivity contribution in [1.82, 2.24) is 5.32 Å². The zero-order chi connectivity index (χ0) is 6.91. The molecule has 1 aliphatic carbocycles. The fraction of sp³-hybridized carbons (Fsp3) is 0.857. The van der Waals surface area contributed by atoms with Gasteiger partial charge in [-0.05, 0) is 18.3 Å².